The molecule has 0 unspecified atom stereocenters. The van der Waals surface area contributed by atoms with Crippen LogP contribution >= 0.6 is 0 Å². The second-order valence-corrected chi connectivity index (χ2v) is 6.26. The van der Waals surface area contributed by atoms with Crippen LogP contribution in [0.15, 0.2) is 72.9 Å². The number of aromatic nitrogens is 2. The van der Waals surface area contributed by atoms with Crippen LogP contribution in [0.2, 0.25) is 0 Å². The molecular formula is C22H24N4O. The summed E-state index contributed by atoms with van der Waals surface area (Å²) in [6.07, 6.45) is 3.62. The van der Waals surface area contributed by atoms with E-state index in [-0.39, 0.29) is 5.91 Å². The molecule has 138 valence electrons. The van der Waals surface area contributed by atoms with Crippen molar-refractivity contribution in [1.29, 1.82) is 0 Å². The summed E-state index contributed by atoms with van der Waals surface area (Å²) in [4.78, 5) is 23.3. The van der Waals surface area contributed by atoms with E-state index < -0.39 is 0 Å². The molecule has 1 N–H and O–H groups in total. The third-order valence-corrected chi connectivity index (χ3v) is 4.18. The summed E-state index contributed by atoms with van der Waals surface area (Å²) in [5.41, 5.74) is 2.50. The van der Waals surface area contributed by atoms with Crippen molar-refractivity contribution in [2.24, 2.45) is 0 Å². The molecule has 0 saturated carbocycles. The quantitative estimate of drug-likeness (QED) is 0.607. The fourth-order valence-electron chi connectivity index (χ4n) is 2.73. The lowest BCUT2D eigenvalue weighted by molar-refractivity contribution is 0.0948. The zero-order chi connectivity index (χ0) is 18.9. The maximum atomic E-state index is 12.4. The number of hydrogen-bond acceptors (Lipinski definition) is 4. The van der Waals surface area contributed by atoms with E-state index in [1.165, 1.54) is 0 Å². The van der Waals surface area contributed by atoms with Gasteiger partial charge in [0.15, 0.2) is 0 Å². The van der Waals surface area contributed by atoms with Gasteiger partial charge in [-0.05, 0) is 30.2 Å². The molecule has 0 aliphatic carbocycles. The van der Waals surface area contributed by atoms with Gasteiger partial charge in [-0.3, -0.25) is 4.79 Å². The third-order valence-electron chi connectivity index (χ3n) is 4.18. The number of nitrogens with one attached hydrogen (secondary N) is 1. The molecule has 0 atom stereocenters. The van der Waals surface area contributed by atoms with Gasteiger partial charge in [-0.2, -0.15) is 0 Å². The van der Waals surface area contributed by atoms with E-state index in [9.17, 15) is 4.79 Å². The van der Waals surface area contributed by atoms with Crippen molar-refractivity contribution >= 4 is 17.5 Å². The van der Waals surface area contributed by atoms with Crippen molar-refractivity contribution < 1.29 is 4.79 Å². The summed E-state index contributed by atoms with van der Waals surface area (Å²) >= 11 is 0. The monoisotopic (exact) mass is 360 g/mol. The van der Waals surface area contributed by atoms with E-state index in [1.807, 2.05) is 53.4 Å². The first-order valence-corrected chi connectivity index (χ1v) is 9.25. The highest BCUT2D eigenvalue weighted by molar-refractivity contribution is 5.92. The molecule has 0 spiro atoms. The van der Waals surface area contributed by atoms with Crippen LogP contribution in [0.4, 0.5) is 11.6 Å². The minimum absolute atomic E-state index is 0.167. The summed E-state index contributed by atoms with van der Waals surface area (Å²) in [6, 6.07) is 21.8. The van der Waals surface area contributed by atoms with Crippen LogP contribution < -0.4 is 10.2 Å². The molecule has 1 heterocycles. The Bertz CT molecular complexity index is 852. The molecular weight excluding hydrogens is 336 g/mol. The van der Waals surface area contributed by atoms with Gasteiger partial charge in [-0.25, -0.2) is 9.97 Å². The first-order chi connectivity index (χ1) is 13.3. The van der Waals surface area contributed by atoms with Crippen LogP contribution in [0, 0.1) is 0 Å². The summed E-state index contributed by atoms with van der Waals surface area (Å²) in [5, 5.41) is 2.91. The van der Waals surface area contributed by atoms with E-state index in [1.54, 1.807) is 12.3 Å². The number of rotatable bonds is 8. The molecule has 1 amide bonds. The number of benzene rings is 2. The van der Waals surface area contributed by atoms with E-state index in [0.29, 0.717) is 24.7 Å². The Balaban J connectivity index is 1.88. The molecule has 0 radical (unpaired) electrons. The SMILES string of the molecule is CCCCNC(=O)c1ccnc(N(Cc2ccccc2)c2ccccc2)n1. The summed E-state index contributed by atoms with van der Waals surface area (Å²) < 4.78 is 0. The van der Waals surface area contributed by atoms with Crippen LogP contribution in [0.5, 0.6) is 0 Å². The topological polar surface area (TPSA) is 58.1 Å². The summed E-state index contributed by atoms with van der Waals surface area (Å²) in [5.74, 6) is 0.341. The number of amides is 1. The number of para-hydroxylation sites is 1. The molecule has 3 rings (SSSR count). The average molecular weight is 360 g/mol. The first-order valence-electron chi connectivity index (χ1n) is 9.25. The van der Waals surface area contributed by atoms with Gasteiger partial charge in [-0.15, -0.1) is 0 Å². The minimum atomic E-state index is -0.167. The standard InChI is InChI=1S/C22H24N4O/c1-2-3-15-23-21(27)20-14-16-24-22(25-20)26(19-12-8-5-9-13-19)17-18-10-6-4-7-11-18/h4-14,16H,2-3,15,17H2,1H3,(H,23,27). The molecule has 2 aromatic carbocycles. The molecule has 5 nitrogen and oxygen atoms in total. The highest BCUT2D eigenvalue weighted by Gasteiger charge is 2.15. The van der Waals surface area contributed by atoms with Crippen LogP contribution in [-0.2, 0) is 6.54 Å². The lowest BCUT2D eigenvalue weighted by Crippen LogP contribution is -2.26. The predicted octanol–water partition coefficient (Wildman–Crippen LogP) is 4.34. The van der Waals surface area contributed by atoms with Gasteiger partial charge in [0.25, 0.3) is 5.91 Å². The second kappa shape index (κ2) is 9.48. The van der Waals surface area contributed by atoms with Crippen molar-refractivity contribution in [1.82, 2.24) is 15.3 Å². The van der Waals surface area contributed by atoms with Crippen LogP contribution in [-0.4, -0.2) is 22.4 Å². The number of nitrogens with zero attached hydrogens (tertiary/aromatic N) is 3. The van der Waals surface area contributed by atoms with Gasteiger partial charge >= 0.3 is 0 Å². The van der Waals surface area contributed by atoms with E-state index >= 15 is 0 Å². The Morgan fingerprint density at radius 2 is 1.70 bits per heavy atom. The zero-order valence-electron chi connectivity index (χ0n) is 15.5. The van der Waals surface area contributed by atoms with Gasteiger partial charge in [0, 0.05) is 18.4 Å². The lowest BCUT2D eigenvalue weighted by Gasteiger charge is -2.23. The Labute approximate surface area is 160 Å². The van der Waals surface area contributed by atoms with Gasteiger partial charge in [-0.1, -0.05) is 61.9 Å². The van der Waals surface area contributed by atoms with Crippen LogP contribution in [0.1, 0.15) is 35.8 Å². The number of carbonyl (C=O) groups is 1. The molecule has 27 heavy (non-hydrogen) atoms. The number of anilines is 2. The number of hydrogen-bond donors (Lipinski definition) is 1. The van der Waals surface area contributed by atoms with Crippen molar-refractivity contribution in [3.05, 3.63) is 84.2 Å². The maximum Gasteiger partial charge on any atom is 0.270 e. The van der Waals surface area contributed by atoms with Crippen molar-refractivity contribution in [3.8, 4) is 0 Å². The van der Waals surface area contributed by atoms with Crippen LogP contribution in [0.25, 0.3) is 0 Å². The fourth-order valence-corrected chi connectivity index (χ4v) is 2.73. The Hall–Kier alpha value is -3.21. The van der Waals surface area contributed by atoms with Crippen molar-refractivity contribution in [2.45, 2.75) is 26.3 Å². The molecule has 0 fully saturated rings. The van der Waals surface area contributed by atoms with E-state index in [0.717, 1.165) is 24.1 Å². The van der Waals surface area contributed by atoms with Gasteiger partial charge in [0.1, 0.15) is 5.69 Å². The third kappa shape index (κ3) is 5.14. The zero-order valence-corrected chi connectivity index (χ0v) is 15.5. The molecule has 0 bridgehead atoms. The maximum absolute atomic E-state index is 12.4. The van der Waals surface area contributed by atoms with Crippen molar-refractivity contribution in [2.75, 3.05) is 11.4 Å². The largest absolute Gasteiger partial charge is 0.351 e. The smallest absolute Gasteiger partial charge is 0.270 e. The van der Waals surface area contributed by atoms with Gasteiger partial charge < -0.3 is 10.2 Å². The van der Waals surface area contributed by atoms with Gasteiger partial charge in [0.05, 0.1) is 6.54 Å². The first kappa shape index (κ1) is 18.6. The second-order valence-electron chi connectivity index (χ2n) is 6.26. The summed E-state index contributed by atoms with van der Waals surface area (Å²) in [7, 11) is 0. The molecule has 3 aromatic rings. The van der Waals surface area contributed by atoms with Gasteiger partial charge in [0.2, 0.25) is 5.95 Å². The minimum Gasteiger partial charge on any atom is -0.351 e. The summed E-state index contributed by atoms with van der Waals surface area (Å²) in [6.45, 7) is 3.36. The molecule has 1 aromatic heterocycles. The van der Waals surface area contributed by atoms with Crippen LogP contribution in [0.3, 0.4) is 0 Å². The Morgan fingerprint density at radius 3 is 2.41 bits per heavy atom. The number of carbonyl (C=O) groups excluding carboxylic acids is 1. The normalized spacial score (nSPS) is 10.4. The highest BCUT2D eigenvalue weighted by Crippen LogP contribution is 2.24. The highest BCUT2D eigenvalue weighted by atomic mass is 16.1. The van der Waals surface area contributed by atoms with E-state index in [2.05, 4.69) is 34.3 Å². The Kier molecular flexibility index (Phi) is 6.52. The predicted molar refractivity (Wildman–Crippen MR) is 108 cm³/mol. The number of unbranched alkanes of at least 4 members (excludes halogenated alkanes) is 1. The Morgan fingerprint density at radius 1 is 1.00 bits per heavy atom. The lowest BCUT2D eigenvalue weighted by atomic mass is 10.2. The molecule has 0 aliphatic heterocycles. The van der Waals surface area contributed by atoms with E-state index in [4.69, 9.17) is 0 Å². The molecule has 5 heteroatoms. The molecule has 0 aliphatic rings. The molecule has 0 saturated heterocycles. The average Bonchev–Trinajstić information content (AvgIpc) is 2.73. The van der Waals surface area contributed by atoms with Crippen molar-refractivity contribution in [3.63, 3.8) is 0 Å². The fraction of sp³-hybridized carbons (Fsp3) is 0.227.